The molecule has 0 saturated heterocycles. The van der Waals surface area contributed by atoms with Crippen molar-refractivity contribution in [3.8, 4) is 0 Å². The molecule has 0 aliphatic carbocycles. The highest BCUT2D eigenvalue weighted by Crippen LogP contribution is 2.24. The summed E-state index contributed by atoms with van der Waals surface area (Å²) in [5, 5.41) is 13.7. The minimum atomic E-state index is -2.49. The molecular weight excluding hydrogens is 238 g/mol. The Kier molecular flexibility index (Phi) is 3.12. The van der Waals surface area contributed by atoms with Crippen molar-refractivity contribution < 1.29 is 24.3 Å². The quantitative estimate of drug-likeness (QED) is 0.471. The number of rotatable bonds is 3. The summed E-state index contributed by atoms with van der Waals surface area (Å²) in [5.74, 6) is -2.24. The zero-order valence-corrected chi connectivity index (χ0v) is 9.62. The van der Waals surface area contributed by atoms with Crippen molar-refractivity contribution in [1.82, 2.24) is 0 Å². The minimum absolute atomic E-state index is 0.0382. The number of hydrogen-bond donors (Lipinski definition) is 1. The predicted molar refractivity (Wildman–Crippen MR) is 60.7 cm³/mol. The third-order valence-corrected chi connectivity index (χ3v) is 2.48. The summed E-state index contributed by atoms with van der Waals surface area (Å²) in [6.07, 6.45) is 0. The van der Waals surface area contributed by atoms with E-state index in [9.17, 15) is 14.7 Å². The average Bonchev–Trinajstić information content (AvgIpc) is 2.69. The van der Waals surface area contributed by atoms with Crippen LogP contribution < -0.4 is 0 Å². The Balaban J connectivity index is 2.42. The molecule has 0 bridgehead atoms. The Labute approximate surface area is 103 Å². The lowest BCUT2D eigenvalue weighted by atomic mass is 9.93. The number of carbonyl (C=O) groups is 2. The number of carbonyl (C=O) groups excluding carboxylic acids is 2. The SMILES string of the molecule is CCOC(=O)C1(O)C(=O)ON=C1c1ccccc1. The van der Waals surface area contributed by atoms with Crippen LogP contribution in [0.25, 0.3) is 0 Å². The monoisotopic (exact) mass is 249 g/mol. The van der Waals surface area contributed by atoms with Crippen LogP contribution in [0, 0.1) is 0 Å². The molecule has 6 nitrogen and oxygen atoms in total. The first-order chi connectivity index (χ1) is 8.60. The van der Waals surface area contributed by atoms with Crippen LogP contribution in [0.1, 0.15) is 12.5 Å². The summed E-state index contributed by atoms with van der Waals surface area (Å²) < 4.78 is 4.68. The second-order valence-electron chi connectivity index (χ2n) is 3.62. The van der Waals surface area contributed by atoms with E-state index < -0.39 is 17.5 Å². The van der Waals surface area contributed by atoms with Crippen LogP contribution in [0.3, 0.4) is 0 Å². The molecule has 1 aliphatic rings. The van der Waals surface area contributed by atoms with Gasteiger partial charge in [-0.2, -0.15) is 0 Å². The van der Waals surface area contributed by atoms with E-state index in [-0.39, 0.29) is 12.3 Å². The molecule has 1 N–H and O–H groups in total. The number of esters is 1. The fraction of sp³-hybridized carbons (Fsp3) is 0.250. The molecule has 2 rings (SSSR count). The number of benzene rings is 1. The molecule has 0 spiro atoms. The van der Waals surface area contributed by atoms with Crippen molar-refractivity contribution in [3.05, 3.63) is 35.9 Å². The van der Waals surface area contributed by atoms with E-state index in [1.54, 1.807) is 37.3 Å². The van der Waals surface area contributed by atoms with Gasteiger partial charge < -0.3 is 14.7 Å². The molecule has 1 aliphatic heterocycles. The number of hydrogen-bond acceptors (Lipinski definition) is 6. The van der Waals surface area contributed by atoms with Crippen LogP contribution in [0.5, 0.6) is 0 Å². The zero-order chi connectivity index (χ0) is 13.2. The van der Waals surface area contributed by atoms with Gasteiger partial charge in [0, 0.05) is 5.56 Å². The van der Waals surface area contributed by atoms with Gasteiger partial charge in [-0.25, -0.2) is 9.59 Å². The van der Waals surface area contributed by atoms with Gasteiger partial charge in [0.05, 0.1) is 6.61 Å². The summed E-state index contributed by atoms with van der Waals surface area (Å²) >= 11 is 0. The third kappa shape index (κ3) is 1.76. The van der Waals surface area contributed by atoms with Gasteiger partial charge in [-0.05, 0) is 6.92 Å². The van der Waals surface area contributed by atoms with Gasteiger partial charge in [0.15, 0.2) is 0 Å². The van der Waals surface area contributed by atoms with E-state index in [2.05, 4.69) is 14.7 Å². The van der Waals surface area contributed by atoms with Gasteiger partial charge in [0.1, 0.15) is 5.71 Å². The van der Waals surface area contributed by atoms with E-state index in [4.69, 9.17) is 0 Å². The maximum atomic E-state index is 11.7. The lowest BCUT2D eigenvalue weighted by Gasteiger charge is -2.17. The molecule has 1 unspecified atom stereocenters. The first-order valence-corrected chi connectivity index (χ1v) is 5.35. The van der Waals surface area contributed by atoms with Crippen LogP contribution in [0.2, 0.25) is 0 Å². The summed E-state index contributed by atoms with van der Waals surface area (Å²) in [4.78, 5) is 27.6. The third-order valence-electron chi connectivity index (χ3n) is 2.48. The van der Waals surface area contributed by atoms with Gasteiger partial charge in [-0.3, -0.25) is 0 Å². The highest BCUT2D eigenvalue weighted by molar-refractivity contribution is 6.32. The first-order valence-electron chi connectivity index (χ1n) is 5.35. The number of aliphatic hydroxyl groups is 1. The lowest BCUT2D eigenvalue weighted by Crippen LogP contribution is -2.51. The molecule has 1 aromatic rings. The van der Waals surface area contributed by atoms with Crippen molar-refractivity contribution >= 4 is 17.7 Å². The largest absolute Gasteiger partial charge is 0.463 e. The van der Waals surface area contributed by atoms with Gasteiger partial charge >= 0.3 is 17.5 Å². The first kappa shape index (κ1) is 12.3. The Bertz CT molecular complexity index is 510. The van der Waals surface area contributed by atoms with Crippen molar-refractivity contribution in [1.29, 1.82) is 0 Å². The minimum Gasteiger partial charge on any atom is -0.463 e. The molecule has 0 radical (unpaired) electrons. The van der Waals surface area contributed by atoms with Crippen LogP contribution in [0.15, 0.2) is 35.5 Å². The van der Waals surface area contributed by atoms with E-state index in [0.717, 1.165) is 0 Å². The van der Waals surface area contributed by atoms with Gasteiger partial charge in [-0.15, -0.1) is 0 Å². The molecule has 0 saturated carbocycles. The summed E-state index contributed by atoms with van der Waals surface area (Å²) in [5.41, 5.74) is -2.23. The smallest absolute Gasteiger partial charge is 0.384 e. The number of ether oxygens (including phenoxy) is 1. The molecule has 6 heteroatoms. The molecule has 0 fully saturated rings. The maximum Gasteiger partial charge on any atom is 0.384 e. The van der Waals surface area contributed by atoms with Crippen LogP contribution in [-0.2, 0) is 19.2 Å². The van der Waals surface area contributed by atoms with E-state index in [1.165, 1.54) is 0 Å². The highest BCUT2D eigenvalue weighted by atomic mass is 16.7. The Morgan fingerprint density at radius 2 is 2.11 bits per heavy atom. The summed E-state index contributed by atoms with van der Waals surface area (Å²) in [6.45, 7) is 1.61. The summed E-state index contributed by atoms with van der Waals surface area (Å²) in [7, 11) is 0. The molecule has 18 heavy (non-hydrogen) atoms. The average molecular weight is 249 g/mol. The van der Waals surface area contributed by atoms with Crippen LogP contribution >= 0.6 is 0 Å². The molecule has 1 atom stereocenters. The fourth-order valence-corrected chi connectivity index (χ4v) is 1.59. The fourth-order valence-electron chi connectivity index (χ4n) is 1.59. The van der Waals surface area contributed by atoms with Gasteiger partial charge in [0.25, 0.3) is 0 Å². The van der Waals surface area contributed by atoms with Gasteiger partial charge in [-0.1, -0.05) is 35.5 Å². The molecule has 0 aromatic heterocycles. The lowest BCUT2D eigenvalue weighted by molar-refractivity contribution is -0.171. The van der Waals surface area contributed by atoms with Crippen molar-refractivity contribution in [2.75, 3.05) is 6.61 Å². The molecule has 94 valence electrons. The molecule has 0 amide bonds. The van der Waals surface area contributed by atoms with Crippen molar-refractivity contribution in [2.24, 2.45) is 5.16 Å². The van der Waals surface area contributed by atoms with Crippen molar-refractivity contribution in [3.63, 3.8) is 0 Å². The van der Waals surface area contributed by atoms with Gasteiger partial charge in [0.2, 0.25) is 0 Å². The second-order valence-corrected chi connectivity index (χ2v) is 3.62. The Hall–Kier alpha value is -2.21. The van der Waals surface area contributed by atoms with E-state index >= 15 is 0 Å². The standard InChI is InChI=1S/C12H11NO5/c1-2-17-10(14)12(16)9(13-18-11(12)15)8-6-4-3-5-7-8/h3-7,16H,2H2,1H3. The second kappa shape index (κ2) is 4.58. The van der Waals surface area contributed by atoms with E-state index in [0.29, 0.717) is 5.56 Å². The highest BCUT2D eigenvalue weighted by Gasteiger charge is 2.57. The zero-order valence-electron chi connectivity index (χ0n) is 9.62. The summed E-state index contributed by atoms with van der Waals surface area (Å²) in [6, 6.07) is 8.33. The number of oxime groups is 1. The predicted octanol–water partition coefficient (Wildman–Crippen LogP) is 0.242. The Morgan fingerprint density at radius 1 is 1.44 bits per heavy atom. The number of nitrogens with zero attached hydrogens (tertiary/aromatic N) is 1. The van der Waals surface area contributed by atoms with Crippen molar-refractivity contribution in [2.45, 2.75) is 12.5 Å². The molecule has 1 aromatic carbocycles. The molecule has 1 heterocycles. The van der Waals surface area contributed by atoms with Crippen LogP contribution in [-0.4, -0.2) is 35.0 Å². The normalized spacial score (nSPS) is 22.3. The van der Waals surface area contributed by atoms with Crippen LogP contribution in [0.4, 0.5) is 0 Å². The topological polar surface area (TPSA) is 85.2 Å². The maximum absolute atomic E-state index is 11.7. The Morgan fingerprint density at radius 3 is 2.72 bits per heavy atom. The van der Waals surface area contributed by atoms with E-state index in [1.807, 2.05) is 0 Å². The molecular formula is C12H11NO5.